The topological polar surface area (TPSA) is 92.7 Å². The highest BCUT2D eigenvalue weighted by atomic mass is 32.2. The molecule has 0 aromatic rings. The van der Waals surface area contributed by atoms with Crippen LogP contribution in [0.25, 0.3) is 0 Å². The smallest absolute Gasteiger partial charge is 0.222 e. The van der Waals surface area contributed by atoms with Gasteiger partial charge in [-0.25, -0.2) is 4.21 Å². The van der Waals surface area contributed by atoms with Crippen molar-refractivity contribution in [3.8, 4) is 0 Å². The lowest BCUT2D eigenvalue weighted by Crippen LogP contribution is -2.29. The van der Waals surface area contributed by atoms with E-state index in [2.05, 4.69) is 15.4 Å². The maximum atomic E-state index is 11.0. The van der Waals surface area contributed by atoms with Crippen molar-refractivity contribution in [2.45, 2.75) is 13.3 Å². The fourth-order valence-electron chi connectivity index (χ4n) is 0.676. The molecule has 6 nitrogen and oxygen atoms in total. The first-order valence-electron chi connectivity index (χ1n) is 4.31. The van der Waals surface area contributed by atoms with Crippen LogP contribution >= 0.6 is 0 Å². The van der Waals surface area contributed by atoms with Gasteiger partial charge in [-0.05, 0) is 0 Å². The maximum Gasteiger partial charge on any atom is 0.222 e. The highest BCUT2D eigenvalue weighted by molar-refractivity contribution is 7.90. The summed E-state index contributed by atoms with van der Waals surface area (Å²) in [5.41, 5.74) is 0. The Morgan fingerprint density at radius 3 is 2.80 bits per heavy atom. The van der Waals surface area contributed by atoms with E-state index in [1.54, 1.807) is 6.92 Å². The van der Waals surface area contributed by atoms with Crippen LogP contribution in [-0.4, -0.2) is 40.0 Å². The molecule has 2 unspecified atom stereocenters. The van der Waals surface area contributed by atoms with Gasteiger partial charge in [0, 0.05) is 18.3 Å². The molecule has 0 radical (unpaired) electrons. The average molecular weight is 237 g/mol. The van der Waals surface area contributed by atoms with Crippen molar-refractivity contribution in [3.05, 3.63) is 0 Å². The zero-order valence-electron chi connectivity index (χ0n) is 8.47. The molecule has 7 heteroatoms. The van der Waals surface area contributed by atoms with Crippen molar-refractivity contribution in [3.63, 3.8) is 0 Å². The zero-order valence-corrected chi connectivity index (χ0v) is 9.29. The van der Waals surface area contributed by atoms with Gasteiger partial charge in [-0.2, -0.15) is 0 Å². The largest absolute Gasteiger partial charge is 0.355 e. The molecule has 0 spiro atoms. The lowest BCUT2D eigenvalue weighted by molar-refractivity contribution is -0.121. The van der Waals surface area contributed by atoms with Gasteiger partial charge >= 0.3 is 0 Å². The van der Waals surface area contributed by atoms with Gasteiger partial charge < -0.3 is 10.1 Å². The van der Waals surface area contributed by atoms with Crippen LogP contribution in [0, 0.1) is 5.92 Å². The Morgan fingerprint density at radius 2 is 2.33 bits per heavy atom. The number of nitrogens with one attached hydrogen (secondary N) is 1. The number of hydrogen-bond donors (Lipinski definition) is 2. The Balaban J connectivity index is 3.63. The van der Waals surface area contributed by atoms with Crippen molar-refractivity contribution >= 4 is 28.1 Å². The summed E-state index contributed by atoms with van der Waals surface area (Å²) in [6, 6.07) is 0. The molecule has 0 fully saturated rings. The van der Waals surface area contributed by atoms with E-state index in [-0.39, 0.29) is 31.4 Å². The second kappa shape index (κ2) is 6.54. The molecule has 0 saturated heterocycles. The van der Waals surface area contributed by atoms with E-state index in [4.69, 9.17) is 4.55 Å². The van der Waals surface area contributed by atoms with Crippen molar-refractivity contribution < 1.29 is 22.5 Å². The van der Waals surface area contributed by atoms with Gasteiger partial charge in [0.05, 0.1) is 13.0 Å². The van der Waals surface area contributed by atoms with E-state index >= 15 is 0 Å². The van der Waals surface area contributed by atoms with Crippen molar-refractivity contribution in [1.82, 2.24) is 5.32 Å². The van der Waals surface area contributed by atoms with Crippen molar-refractivity contribution in [2.24, 2.45) is 5.92 Å². The first-order valence-corrected chi connectivity index (χ1v) is 5.92. The first kappa shape index (κ1) is 14.1. The van der Waals surface area contributed by atoms with Crippen LogP contribution in [0.15, 0.2) is 0 Å². The van der Waals surface area contributed by atoms with Gasteiger partial charge in [0.2, 0.25) is 5.91 Å². The molecule has 0 bridgehead atoms. The monoisotopic (exact) mass is 237 g/mol. The normalized spacial score (nSPS) is 16.4. The minimum atomic E-state index is -3.49. The molecule has 88 valence electrons. The Bertz CT molecular complexity index is 311. The number of rotatable bonds is 7. The van der Waals surface area contributed by atoms with Crippen molar-refractivity contribution in [1.29, 1.82) is 0 Å². The van der Waals surface area contributed by atoms with Crippen LogP contribution < -0.4 is 5.32 Å². The van der Waals surface area contributed by atoms with Crippen LogP contribution in [-0.2, 0) is 23.9 Å². The van der Waals surface area contributed by atoms with E-state index < -0.39 is 10.1 Å². The number of amides is 1. The number of carbonyl (C=O) groups excluding carboxylic acids is 2. The van der Waals surface area contributed by atoms with Crippen LogP contribution in [0.4, 0.5) is 0 Å². The molecule has 0 aliphatic carbocycles. The zero-order chi connectivity index (χ0) is 11.9. The predicted molar refractivity (Wildman–Crippen MR) is 56.7 cm³/mol. The second-order valence-corrected chi connectivity index (χ2v) is 4.47. The van der Waals surface area contributed by atoms with Gasteiger partial charge in [0.15, 0.2) is 10.1 Å². The van der Waals surface area contributed by atoms with Crippen LogP contribution in [0.2, 0.25) is 0 Å². The lowest BCUT2D eigenvalue weighted by atomic mass is 10.2. The predicted octanol–water partition coefficient (Wildman–Crippen LogP) is -0.551. The Kier molecular flexibility index (Phi) is 6.14. The number of hydrogen-bond acceptors (Lipinski definition) is 4. The molecule has 0 heterocycles. The molecule has 0 rings (SSSR count). The summed E-state index contributed by atoms with van der Waals surface area (Å²) in [5, 5.41) is 2.47. The van der Waals surface area contributed by atoms with E-state index in [1.807, 2.05) is 0 Å². The fourth-order valence-corrected chi connectivity index (χ4v) is 1.02. The number of aldehydes is 1. The standard InChI is InChI=1S/C8H15NO5S/c1-7(6-10)5-9-8(11)3-4-14-15(2,12)13/h6-7H,2-5H2,1H3,(H,9,11)(H,12,13). The van der Waals surface area contributed by atoms with E-state index in [1.165, 1.54) is 0 Å². The SMILES string of the molecule is C=S(=O)(O)OCCC(=O)NCC(C)C=O. The van der Waals surface area contributed by atoms with Crippen molar-refractivity contribution in [2.75, 3.05) is 13.2 Å². The Labute approximate surface area is 89.0 Å². The molecule has 15 heavy (non-hydrogen) atoms. The highest BCUT2D eigenvalue weighted by Crippen LogP contribution is 1.91. The summed E-state index contributed by atoms with van der Waals surface area (Å²) in [6.45, 7) is 1.74. The van der Waals surface area contributed by atoms with Crippen LogP contribution in [0.3, 0.4) is 0 Å². The second-order valence-electron chi connectivity index (χ2n) is 3.07. The summed E-state index contributed by atoms with van der Waals surface area (Å²) >= 11 is 0. The third-order valence-corrected chi connectivity index (χ3v) is 1.99. The maximum absolute atomic E-state index is 11.0. The Morgan fingerprint density at radius 1 is 1.73 bits per heavy atom. The average Bonchev–Trinajstić information content (AvgIpc) is 2.12. The minimum absolute atomic E-state index is 0.0430. The van der Waals surface area contributed by atoms with E-state index in [0.717, 1.165) is 6.29 Å². The molecular weight excluding hydrogens is 222 g/mol. The summed E-state index contributed by atoms with van der Waals surface area (Å²) in [6.07, 6.45) is 0.686. The molecule has 1 amide bonds. The molecule has 0 aromatic heterocycles. The van der Waals surface area contributed by atoms with E-state index in [0.29, 0.717) is 0 Å². The summed E-state index contributed by atoms with van der Waals surface area (Å²) in [7, 11) is -3.49. The van der Waals surface area contributed by atoms with Gasteiger partial charge in [-0.1, -0.05) is 6.92 Å². The third-order valence-electron chi connectivity index (χ3n) is 1.45. The molecule has 0 aliphatic heterocycles. The molecule has 0 aromatic carbocycles. The molecular formula is C8H15NO5S. The molecule has 2 atom stereocenters. The third kappa shape index (κ3) is 9.39. The van der Waals surface area contributed by atoms with Gasteiger partial charge in [-0.15, -0.1) is 0 Å². The summed E-state index contributed by atoms with van der Waals surface area (Å²) in [4.78, 5) is 21.3. The molecule has 0 saturated carbocycles. The van der Waals surface area contributed by atoms with Gasteiger partial charge in [-0.3, -0.25) is 13.5 Å². The molecule has 2 N–H and O–H groups in total. The van der Waals surface area contributed by atoms with Crippen LogP contribution in [0.1, 0.15) is 13.3 Å². The van der Waals surface area contributed by atoms with Gasteiger partial charge in [0.25, 0.3) is 0 Å². The highest BCUT2D eigenvalue weighted by Gasteiger charge is 2.05. The summed E-state index contributed by atoms with van der Waals surface area (Å²) in [5.74, 6) is 2.25. The Hall–Kier alpha value is -0.920. The minimum Gasteiger partial charge on any atom is -0.355 e. The first-order chi connectivity index (χ1) is 6.85. The van der Waals surface area contributed by atoms with E-state index in [9.17, 15) is 13.8 Å². The number of carbonyl (C=O) groups is 2. The fraction of sp³-hybridized carbons (Fsp3) is 0.625. The molecule has 0 aliphatic rings. The van der Waals surface area contributed by atoms with Gasteiger partial charge in [0.1, 0.15) is 6.29 Å². The van der Waals surface area contributed by atoms with Crippen LogP contribution in [0.5, 0.6) is 0 Å². The lowest BCUT2D eigenvalue weighted by Gasteiger charge is -2.07. The quantitative estimate of drug-likeness (QED) is 0.458. The summed E-state index contributed by atoms with van der Waals surface area (Å²) < 4.78 is 23.5.